The Morgan fingerprint density at radius 1 is 1.24 bits per heavy atom. The van der Waals surface area contributed by atoms with Crippen LogP contribution in [-0.4, -0.2) is 42.2 Å². The third-order valence-electron chi connectivity index (χ3n) is 3.99. The van der Waals surface area contributed by atoms with Crippen molar-refractivity contribution < 1.29 is 19.1 Å². The highest BCUT2D eigenvalue weighted by atomic mass is 32.1. The molecule has 1 heterocycles. The van der Waals surface area contributed by atoms with E-state index in [1.807, 2.05) is 0 Å². The third kappa shape index (κ3) is 3.82. The topological polar surface area (TPSA) is 67.9 Å². The van der Waals surface area contributed by atoms with Crippen LogP contribution in [0.25, 0.3) is 0 Å². The molecule has 0 aromatic heterocycles. The van der Waals surface area contributed by atoms with Crippen LogP contribution in [0.15, 0.2) is 35.5 Å². The third-order valence-corrected chi connectivity index (χ3v) is 4.39. The number of hydrogen-bond acceptors (Lipinski definition) is 5. The highest BCUT2D eigenvalue weighted by molar-refractivity contribution is 7.80. The van der Waals surface area contributed by atoms with E-state index in [0.717, 1.165) is 0 Å². The molecule has 0 spiro atoms. The molecule has 1 unspecified atom stereocenters. The van der Waals surface area contributed by atoms with Crippen LogP contribution in [0.1, 0.15) is 42.7 Å². The van der Waals surface area contributed by atoms with Gasteiger partial charge in [0.1, 0.15) is 0 Å². The Morgan fingerprint density at radius 2 is 1.88 bits per heavy atom. The van der Waals surface area contributed by atoms with E-state index in [1.165, 1.54) is 7.11 Å². The minimum absolute atomic E-state index is 0.261. The number of carbonyl (C=O) groups is 2. The predicted octanol–water partition coefficient (Wildman–Crippen LogP) is 2.56. The molecule has 7 heteroatoms. The maximum Gasteiger partial charge on any atom is 0.338 e. The molecule has 1 aliphatic rings. The SMILES string of the molecule is COC(=O)c1ccccc1C1NC(=S)N(C)C(C)=C1C(=O)OC(C)C. The van der Waals surface area contributed by atoms with E-state index in [0.29, 0.717) is 27.5 Å². The van der Waals surface area contributed by atoms with E-state index in [-0.39, 0.29) is 6.10 Å². The van der Waals surface area contributed by atoms with Crippen molar-refractivity contribution >= 4 is 29.3 Å². The Hall–Kier alpha value is -2.41. The van der Waals surface area contributed by atoms with Gasteiger partial charge in [0.05, 0.1) is 30.4 Å². The van der Waals surface area contributed by atoms with Crippen molar-refractivity contribution in [2.45, 2.75) is 32.9 Å². The quantitative estimate of drug-likeness (QED) is 0.652. The number of esters is 2. The molecule has 25 heavy (non-hydrogen) atoms. The van der Waals surface area contributed by atoms with E-state index in [1.54, 1.807) is 57.0 Å². The maximum atomic E-state index is 12.7. The average Bonchev–Trinajstić information content (AvgIpc) is 2.57. The molecule has 0 saturated carbocycles. The highest BCUT2D eigenvalue weighted by Crippen LogP contribution is 2.33. The van der Waals surface area contributed by atoms with Crippen LogP contribution in [0.2, 0.25) is 0 Å². The summed E-state index contributed by atoms with van der Waals surface area (Å²) in [7, 11) is 3.09. The first-order valence-electron chi connectivity index (χ1n) is 7.91. The van der Waals surface area contributed by atoms with Gasteiger partial charge in [-0.15, -0.1) is 0 Å². The Kier molecular flexibility index (Phi) is 5.79. The molecule has 0 saturated heterocycles. The van der Waals surface area contributed by atoms with E-state index in [2.05, 4.69) is 5.32 Å². The summed E-state index contributed by atoms with van der Waals surface area (Å²) in [6.45, 7) is 5.38. The monoisotopic (exact) mass is 362 g/mol. The number of allylic oxidation sites excluding steroid dienone is 1. The van der Waals surface area contributed by atoms with Crippen LogP contribution in [0.5, 0.6) is 0 Å². The molecule has 134 valence electrons. The molecule has 0 radical (unpaired) electrons. The fraction of sp³-hybridized carbons (Fsp3) is 0.389. The number of nitrogens with one attached hydrogen (secondary N) is 1. The lowest BCUT2D eigenvalue weighted by atomic mass is 9.91. The highest BCUT2D eigenvalue weighted by Gasteiger charge is 2.35. The zero-order valence-corrected chi connectivity index (χ0v) is 15.8. The first kappa shape index (κ1) is 18.9. The maximum absolute atomic E-state index is 12.7. The molecule has 1 aliphatic heterocycles. The zero-order chi connectivity index (χ0) is 18.7. The van der Waals surface area contributed by atoms with Crippen molar-refractivity contribution in [3.63, 3.8) is 0 Å². The second kappa shape index (κ2) is 7.65. The van der Waals surface area contributed by atoms with E-state index >= 15 is 0 Å². The van der Waals surface area contributed by atoms with Gasteiger partial charge in [-0.1, -0.05) is 18.2 Å². The summed E-state index contributed by atoms with van der Waals surface area (Å²) in [4.78, 5) is 26.5. The molecule has 6 nitrogen and oxygen atoms in total. The Labute approximate surface area is 152 Å². The number of benzene rings is 1. The van der Waals surface area contributed by atoms with Gasteiger partial charge in [0.2, 0.25) is 0 Å². The minimum atomic E-state index is -0.592. The predicted molar refractivity (Wildman–Crippen MR) is 97.9 cm³/mol. The molecule has 0 bridgehead atoms. The second-order valence-electron chi connectivity index (χ2n) is 5.97. The number of ether oxygens (including phenoxy) is 2. The average molecular weight is 362 g/mol. The van der Waals surface area contributed by atoms with Gasteiger partial charge >= 0.3 is 11.9 Å². The first-order valence-corrected chi connectivity index (χ1v) is 8.32. The van der Waals surface area contributed by atoms with Gasteiger partial charge in [-0.2, -0.15) is 0 Å². The van der Waals surface area contributed by atoms with Gasteiger partial charge < -0.3 is 19.7 Å². The lowest BCUT2D eigenvalue weighted by molar-refractivity contribution is -0.143. The van der Waals surface area contributed by atoms with Gasteiger partial charge in [-0.05, 0) is 44.6 Å². The normalized spacial score (nSPS) is 17.4. The first-order chi connectivity index (χ1) is 11.8. The summed E-state index contributed by atoms with van der Waals surface area (Å²) < 4.78 is 10.3. The molecule has 0 amide bonds. The van der Waals surface area contributed by atoms with E-state index in [9.17, 15) is 9.59 Å². The Morgan fingerprint density at radius 3 is 2.48 bits per heavy atom. The molecule has 1 aromatic carbocycles. The van der Waals surface area contributed by atoms with Crippen LogP contribution >= 0.6 is 12.2 Å². The summed E-state index contributed by atoms with van der Waals surface area (Å²) in [6.07, 6.45) is -0.261. The molecule has 1 N–H and O–H groups in total. The van der Waals surface area contributed by atoms with Crippen LogP contribution in [0.3, 0.4) is 0 Å². The standard InChI is InChI=1S/C18H22N2O4S/c1-10(2)24-17(22)14-11(3)20(4)18(25)19-15(14)12-8-6-7-9-13(12)16(21)23-5/h6-10,15H,1-5H3,(H,19,25). The van der Waals surface area contributed by atoms with Gasteiger partial charge in [0, 0.05) is 12.7 Å². The lowest BCUT2D eigenvalue weighted by Gasteiger charge is -2.36. The summed E-state index contributed by atoms with van der Waals surface area (Å²) in [6, 6.07) is 6.38. The van der Waals surface area contributed by atoms with Crippen LogP contribution in [0, 0.1) is 0 Å². The van der Waals surface area contributed by atoms with Gasteiger partial charge in [0.15, 0.2) is 5.11 Å². The van der Waals surface area contributed by atoms with Gasteiger partial charge in [-0.3, -0.25) is 0 Å². The minimum Gasteiger partial charge on any atom is -0.465 e. The number of thiocarbonyl (C=S) groups is 1. The fourth-order valence-electron chi connectivity index (χ4n) is 2.66. The van der Waals surface area contributed by atoms with Crippen LogP contribution in [-0.2, 0) is 14.3 Å². The summed E-state index contributed by atoms with van der Waals surface area (Å²) in [5, 5.41) is 3.59. The van der Waals surface area contributed by atoms with Crippen molar-refractivity contribution in [1.29, 1.82) is 0 Å². The number of nitrogens with zero attached hydrogens (tertiary/aromatic N) is 1. The second-order valence-corrected chi connectivity index (χ2v) is 6.36. The van der Waals surface area contributed by atoms with Gasteiger partial charge in [-0.25, -0.2) is 9.59 Å². The zero-order valence-electron chi connectivity index (χ0n) is 15.0. The number of methoxy groups -OCH3 is 1. The summed E-state index contributed by atoms with van der Waals surface area (Å²) >= 11 is 5.36. The largest absolute Gasteiger partial charge is 0.465 e. The molecule has 0 fully saturated rings. The Balaban J connectivity index is 2.60. The van der Waals surface area contributed by atoms with Crippen LogP contribution in [0.4, 0.5) is 0 Å². The summed E-state index contributed by atoms with van der Waals surface area (Å²) in [5.74, 6) is -0.921. The van der Waals surface area contributed by atoms with Crippen molar-refractivity contribution in [2.24, 2.45) is 0 Å². The summed E-state index contributed by atoms with van der Waals surface area (Å²) in [5.41, 5.74) is 2.08. The van der Waals surface area contributed by atoms with Gasteiger partial charge in [0.25, 0.3) is 0 Å². The molecule has 1 atom stereocenters. The number of hydrogen-bond donors (Lipinski definition) is 1. The van der Waals surface area contributed by atoms with Crippen molar-refractivity contribution in [3.05, 3.63) is 46.7 Å². The van der Waals surface area contributed by atoms with Crippen molar-refractivity contribution in [3.8, 4) is 0 Å². The molecule has 0 aliphatic carbocycles. The van der Waals surface area contributed by atoms with Crippen LogP contribution < -0.4 is 5.32 Å². The van der Waals surface area contributed by atoms with Crippen molar-refractivity contribution in [1.82, 2.24) is 10.2 Å². The fourth-order valence-corrected chi connectivity index (χ4v) is 2.91. The molecule has 1 aromatic rings. The smallest absolute Gasteiger partial charge is 0.338 e. The number of rotatable bonds is 4. The molecule has 2 rings (SSSR count). The molecular formula is C18H22N2O4S. The lowest BCUT2D eigenvalue weighted by Crippen LogP contribution is -2.46. The van der Waals surface area contributed by atoms with Crippen molar-refractivity contribution in [2.75, 3.05) is 14.2 Å². The van der Waals surface area contributed by atoms with E-state index in [4.69, 9.17) is 21.7 Å². The molecular weight excluding hydrogens is 340 g/mol. The number of carbonyl (C=O) groups excluding carboxylic acids is 2. The van der Waals surface area contributed by atoms with E-state index < -0.39 is 18.0 Å². The Bertz CT molecular complexity index is 742.